The second-order valence-corrected chi connectivity index (χ2v) is 4.16. The highest BCUT2D eigenvalue weighted by atomic mass is 16.4. The molecule has 0 aliphatic heterocycles. The lowest BCUT2D eigenvalue weighted by atomic mass is 9.99. The molecular formula is C10H20N2O3. The topological polar surface area (TPSA) is 78.4 Å². The summed E-state index contributed by atoms with van der Waals surface area (Å²) in [5.74, 6) is -0.848. The second-order valence-electron chi connectivity index (χ2n) is 4.16. The van der Waals surface area contributed by atoms with Gasteiger partial charge in [-0.2, -0.15) is 0 Å². The van der Waals surface area contributed by atoms with Crippen LogP contribution in [0.25, 0.3) is 0 Å². The number of amides is 2. The molecule has 0 heterocycles. The molecule has 0 aromatic heterocycles. The van der Waals surface area contributed by atoms with Crippen LogP contribution in [0.1, 0.15) is 40.0 Å². The van der Waals surface area contributed by atoms with Gasteiger partial charge >= 0.3 is 12.0 Å². The van der Waals surface area contributed by atoms with Crippen LogP contribution in [0, 0.1) is 0 Å². The highest BCUT2D eigenvalue weighted by Gasteiger charge is 2.20. The van der Waals surface area contributed by atoms with E-state index in [1.54, 1.807) is 0 Å². The summed E-state index contributed by atoms with van der Waals surface area (Å²) < 4.78 is 0. The van der Waals surface area contributed by atoms with Crippen molar-refractivity contribution in [2.24, 2.45) is 0 Å². The lowest BCUT2D eigenvalue weighted by molar-refractivity contribution is -0.137. The molecule has 0 aromatic carbocycles. The molecule has 0 saturated heterocycles. The van der Waals surface area contributed by atoms with Crippen molar-refractivity contribution in [3.05, 3.63) is 0 Å². The average Bonchev–Trinajstić information content (AvgIpc) is 2.11. The van der Waals surface area contributed by atoms with Crippen molar-refractivity contribution in [3.8, 4) is 0 Å². The van der Waals surface area contributed by atoms with Crippen LogP contribution < -0.4 is 10.6 Å². The quantitative estimate of drug-likeness (QED) is 0.627. The second kappa shape index (κ2) is 6.27. The van der Waals surface area contributed by atoms with Gasteiger partial charge in [-0.25, -0.2) is 4.79 Å². The number of urea groups is 1. The van der Waals surface area contributed by atoms with Gasteiger partial charge in [-0.3, -0.25) is 4.79 Å². The van der Waals surface area contributed by atoms with Crippen molar-refractivity contribution in [1.29, 1.82) is 0 Å². The largest absolute Gasteiger partial charge is 0.481 e. The molecule has 0 saturated carbocycles. The van der Waals surface area contributed by atoms with Crippen LogP contribution in [0.2, 0.25) is 0 Å². The Hall–Kier alpha value is -1.26. The summed E-state index contributed by atoms with van der Waals surface area (Å²) in [6, 6.07) is -0.243. The molecule has 88 valence electrons. The number of hydrogen-bond donors (Lipinski definition) is 3. The molecule has 15 heavy (non-hydrogen) atoms. The molecule has 0 aromatic rings. The number of nitrogens with one attached hydrogen (secondary N) is 2. The molecule has 0 radical (unpaired) electrons. The molecule has 0 fully saturated rings. The van der Waals surface area contributed by atoms with E-state index in [0.717, 1.165) is 6.42 Å². The van der Waals surface area contributed by atoms with Crippen molar-refractivity contribution < 1.29 is 14.7 Å². The maximum atomic E-state index is 11.3. The van der Waals surface area contributed by atoms with Gasteiger partial charge in [0.1, 0.15) is 0 Å². The van der Waals surface area contributed by atoms with E-state index in [0.29, 0.717) is 13.0 Å². The molecule has 0 aliphatic rings. The van der Waals surface area contributed by atoms with Gasteiger partial charge in [0.05, 0.1) is 0 Å². The van der Waals surface area contributed by atoms with Gasteiger partial charge in [0.25, 0.3) is 0 Å². The van der Waals surface area contributed by atoms with Crippen molar-refractivity contribution >= 4 is 12.0 Å². The highest BCUT2D eigenvalue weighted by molar-refractivity contribution is 5.74. The smallest absolute Gasteiger partial charge is 0.315 e. The summed E-state index contributed by atoms with van der Waals surface area (Å²) >= 11 is 0. The van der Waals surface area contributed by atoms with Crippen LogP contribution in [0.3, 0.4) is 0 Å². The summed E-state index contributed by atoms with van der Waals surface area (Å²) in [4.78, 5) is 21.7. The highest BCUT2D eigenvalue weighted by Crippen LogP contribution is 2.10. The summed E-state index contributed by atoms with van der Waals surface area (Å²) in [6.45, 7) is 6.21. The van der Waals surface area contributed by atoms with Gasteiger partial charge in [0, 0.05) is 18.5 Å². The minimum atomic E-state index is -0.848. The van der Waals surface area contributed by atoms with Gasteiger partial charge in [-0.1, -0.05) is 6.92 Å². The van der Waals surface area contributed by atoms with Crippen LogP contribution in [0.5, 0.6) is 0 Å². The van der Waals surface area contributed by atoms with Crippen molar-refractivity contribution in [3.63, 3.8) is 0 Å². The van der Waals surface area contributed by atoms with E-state index < -0.39 is 11.5 Å². The SMILES string of the molecule is CCCNC(=O)NC(C)(C)CCC(=O)O. The third-order valence-corrected chi connectivity index (χ3v) is 1.95. The summed E-state index contributed by atoms with van der Waals surface area (Å²) in [5, 5.41) is 13.9. The predicted octanol–water partition coefficient (Wildman–Crippen LogP) is 1.34. The van der Waals surface area contributed by atoms with E-state index in [9.17, 15) is 9.59 Å². The summed E-state index contributed by atoms with van der Waals surface area (Å²) in [7, 11) is 0. The van der Waals surface area contributed by atoms with Crippen LogP contribution in [-0.2, 0) is 4.79 Å². The first kappa shape index (κ1) is 13.7. The number of hydrogen-bond acceptors (Lipinski definition) is 2. The van der Waals surface area contributed by atoms with Crippen molar-refractivity contribution in [2.75, 3.05) is 6.54 Å². The van der Waals surface area contributed by atoms with E-state index in [-0.39, 0.29) is 12.5 Å². The van der Waals surface area contributed by atoms with Gasteiger partial charge in [-0.15, -0.1) is 0 Å². The van der Waals surface area contributed by atoms with E-state index in [1.807, 2.05) is 20.8 Å². The third kappa shape index (κ3) is 7.78. The Bertz CT molecular complexity index is 227. The molecule has 3 N–H and O–H groups in total. The van der Waals surface area contributed by atoms with E-state index in [2.05, 4.69) is 10.6 Å². The molecule has 5 heteroatoms. The Morgan fingerprint density at radius 1 is 1.33 bits per heavy atom. The lowest BCUT2D eigenvalue weighted by Crippen LogP contribution is -2.48. The minimum Gasteiger partial charge on any atom is -0.481 e. The van der Waals surface area contributed by atoms with Crippen molar-refractivity contribution in [1.82, 2.24) is 10.6 Å². The molecular weight excluding hydrogens is 196 g/mol. The number of carbonyl (C=O) groups is 2. The molecule has 0 rings (SSSR count). The van der Waals surface area contributed by atoms with Crippen LogP contribution in [0.4, 0.5) is 4.79 Å². The first-order valence-electron chi connectivity index (χ1n) is 5.15. The Labute approximate surface area is 90.2 Å². The maximum Gasteiger partial charge on any atom is 0.315 e. The van der Waals surface area contributed by atoms with Crippen LogP contribution in [0.15, 0.2) is 0 Å². The summed E-state index contributed by atoms with van der Waals surface area (Å²) in [6.07, 6.45) is 1.35. The van der Waals surface area contributed by atoms with E-state index >= 15 is 0 Å². The Balaban J connectivity index is 3.90. The number of carboxylic acid groups (broad SMARTS) is 1. The molecule has 0 unspecified atom stereocenters. The first-order chi connectivity index (χ1) is 6.87. The lowest BCUT2D eigenvalue weighted by Gasteiger charge is -2.25. The minimum absolute atomic E-state index is 0.0566. The fourth-order valence-electron chi connectivity index (χ4n) is 1.07. The number of rotatable bonds is 6. The number of carbonyl (C=O) groups excluding carboxylic acids is 1. The monoisotopic (exact) mass is 216 g/mol. The zero-order chi connectivity index (χ0) is 11.9. The molecule has 0 atom stereocenters. The Morgan fingerprint density at radius 3 is 2.40 bits per heavy atom. The zero-order valence-corrected chi connectivity index (χ0v) is 9.59. The number of aliphatic carboxylic acids is 1. The van der Waals surface area contributed by atoms with Crippen LogP contribution >= 0.6 is 0 Å². The maximum absolute atomic E-state index is 11.3. The Kier molecular flexibility index (Phi) is 5.74. The number of carboxylic acids is 1. The fraction of sp³-hybridized carbons (Fsp3) is 0.800. The van der Waals surface area contributed by atoms with E-state index in [4.69, 9.17) is 5.11 Å². The molecule has 0 bridgehead atoms. The molecule has 0 aliphatic carbocycles. The van der Waals surface area contributed by atoms with Crippen molar-refractivity contribution in [2.45, 2.75) is 45.6 Å². The summed E-state index contributed by atoms with van der Waals surface area (Å²) in [5.41, 5.74) is -0.490. The molecule has 2 amide bonds. The Morgan fingerprint density at radius 2 is 1.93 bits per heavy atom. The van der Waals surface area contributed by atoms with Gasteiger partial charge < -0.3 is 15.7 Å². The average molecular weight is 216 g/mol. The van der Waals surface area contributed by atoms with E-state index in [1.165, 1.54) is 0 Å². The van der Waals surface area contributed by atoms with Crippen LogP contribution in [-0.4, -0.2) is 29.2 Å². The molecule has 5 nitrogen and oxygen atoms in total. The van der Waals surface area contributed by atoms with Gasteiger partial charge in [0.15, 0.2) is 0 Å². The predicted molar refractivity (Wildman–Crippen MR) is 57.8 cm³/mol. The fourth-order valence-corrected chi connectivity index (χ4v) is 1.07. The normalized spacial score (nSPS) is 10.9. The zero-order valence-electron chi connectivity index (χ0n) is 9.59. The molecule has 0 spiro atoms. The van der Waals surface area contributed by atoms with Gasteiger partial charge in [-0.05, 0) is 26.7 Å². The standard InChI is InChI=1S/C10H20N2O3/c1-4-7-11-9(15)12-10(2,3)6-5-8(13)14/h4-7H2,1-3H3,(H,13,14)(H2,11,12,15). The van der Waals surface area contributed by atoms with Gasteiger partial charge in [0.2, 0.25) is 0 Å². The first-order valence-corrected chi connectivity index (χ1v) is 5.15. The third-order valence-electron chi connectivity index (χ3n) is 1.95.